The molecule has 1 aromatic rings. The average Bonchev–Trinajstić information content (AvgIpc) is 2.71. The van der Waals surface area contributed by atoms with Crippen molar-refractivity contribution in [3.8, 4) is 12.3 Å². The predicted octanol–water partition coefficient (Wildman–Crippen LogP) is 5.98. The van der Waals surface area contributed by atoms with Crippen LogP contribution in [0.3, 0.4) is 0 Å². The number of allylic oxidation sites excluding steroid dienone is 8. The summed E-state index contributed by atoms with van der Waals surface area (Å²) in [7, 11) is 1.66. The Kier molecular flexibility index (Phi) is 9.02. The molecule has 1 rings (SSSR count). The molecule has 0 saturated heterocycles. The van der Waals surface area contributed by atoms with Gasteiger partial charge in [0.05, 0.1) is 7.11 Å². The lowest BCUT2D eigenvalue weighted by molar-refractivity contribution is 0.296. The van der Waals surface area contributed by atoms with Crippen molar-refractivity contribution in [3.05, 3.63) is 95.3 Å². The Morgan fingerprint density at radius 2 is 1.96 bits per heavy atom. The topological polar surface area (TPSA) is 35.2 Å². The molecule has 0 unspecified atom stereocenters. The highest BCUT2D eigenvalue weighted by atomic mass is 16.5. The van der Waals surface area contributed by atoms with Gasteiger partial charge in [-0.3, -0.25) is 0 Å². The second-order valence-corrected chi connectivity index (χ2v) is 6.46. The summed E-state index contributed by atoms with van der Waals surface area (Å²) in [5.74, 6) is 3.44. The number of methoxy groups -OCH3 is 1. The molecular formula is C26H31NO. The third-order valence-corrected chi connectivity index (χ3v) is 4.79. The Labute approximate surface area is 170 Å². The normalized spacial score (nSPS) is 12.7. The van der Waals surface area contributed by atoms with Crippen LogP contribution in [0.2, 0.25) is 0 Å². The molecule has 0 amide bonds. The van der Waals surface area contributed by atoms with E-state index in [1.54, 1.807) is 13.2 Å². The molecule has 0 heterocycles. The van der Waals surface area contributed by atoms with Crippen LogP contribution >= 0.6 is 0 Å². The van der Waals surface area contributed by atoms with Crippen LogP contribution < -0.4 is 5.73 Å². The maximum Gasteiger partial charge on any atom is 0.100 e. The molecule has 0 radical (unpaired) electrons. The quantitative estimate of drug-likeness (QED) is 0.328. The lowest BCUT2D eigenvalue weighted by Gasteiger charge is -2.13. The summed E-state index contributed by atoms with van der Waals surface area (Å²) in [6.07, 6.45) is 12.1. The highest BCUT2D eigenvalue weighted by Crippen LogP contribution is 2.27. The van der Waals surface area contributed by atoms with Gasteiger partial charge in [0.2, 0.25) is 0 Å². The van der Waals surface area contributed by atoms with Crippen molar-refractivity contribution < 1.29 is 4.74 Å². The van der Waals surface area contributed by atoms with E-state index >= 15 is 0 Å². The van der Waals surface area contributed by atoms with Gasteiger partial charge in [0.25, 0.3) is 0 Å². The van der Waals surface area contributed by atoms with E-state index < -0.39 is 0 Å². The van der Waals surface area contributed by atoms with Crippen LogP contribution in [0.25, 0.3) is 11.1 Å². The van der Waals surface area contributed by atoms with Crippen molar-refractivity contribution in [1.29, 1.82) is 0 Å². The van der Waals surface area contributed by atoms with E-state index in [4.69, 9.17) is 16.9 Å². The van der Waals surface area contributed by atoms with Crippen molar-refractivity contribution >= 4 is 11.1 Å². The number of aryl methyl sites for hydroxylation is 1. The van der Waals surface area contributed by atoms with Gasteiger partial charge in [-0.2, -0.15) is 0 Å². The monoisotopic (exact) mass is 373 g/mol. The van der Waals surface area contributed by atoms with Gasteiger partial charge in [0.15, 0.2) is 0 Å². The lowest BCUT2D eigenvalue weighted by Crippen LogP contribution is -2.05. The molecule has 0 saturated carbocycles. The van der Waals surface area contributed by atoms with Gasteiger partial charge in [-0.05, 0) is 59.7 Å². The van der Waals surface area contributed by atoms with Crippen LogP contribution in [-0.2, 0) is 4.74 Å². The van der Waals surface area contributed by atoms with Gasteiger partial charge in [0, 0.05) is 17.7 Å². The van der Waals surface area contributed by atoms with Gasteiger partial charge >= 0.3 is 0 Å². The molecule has 0 atom stereocenters. The summed E-state index contributed by atoms with van der Waals surface area (Å²) in [6.45, 7) is 18.6. The first-order valence-electron chi connectivity index (χ1n) is 9.28. The minimum absolute atomic E-state index is 0.446. The fourth-order valence-corrected chi connectivity index (χ4v) is 2.94. The summed E-state index contributed by atoms with van der Waals surface area (Å²) in [5, 5.41) is 0. The number of nitrogens with two attached hydrogens (primary N) is 1. The standard InChI is InChI=1S/C26H31NO/c1-9-18(4)25(22(10-2)17-27)15-13-20(6)26-16-23(14-12-19(26)5)24(11-3)21(7)28-8/h1,11-16H,3-4,6,10,17,27H2,2,5,7-8H3/b15-13+,24-21-,25-22+. The molecule has 0 aliphatic carbocycles. The first-order valence-corrected chi connectivity index (χ1v) is 9.28. The zero-order valence-corrected chi connectivity index (χ0v) is 17.6. The third kappa shape index (κ3) is 5.49. The van der Waals surface area contributed by atoms with Crippen molar-refractivity contribution in [1.82, 2.24) is 0 Å². The smallest absolute Gasteiger partial charge is 0.100 e. The average molecular weight is 374 g/mol. The van der Waals surface area contributed by atoms with E-state index in [1.807, 2.05) is 19.1 Å². The van der Waals surface area contributed by atoms with E-state index in [1.165, 1.54) is 0 Å². The van der Waals surface area contributed by atoms with Crippen LogP contribution in [0.5, 0.6) is 0 Å². The number of hydrogen-bond acceptors (Lipinski definition) is 2. The van der Waals surface area contributed by atoms with Crippen molar-refractivity contribution in [3.63, 3.8) is 0 Å². The second-order valence-electron chi connectivity index (χ2n) is 6.46. The number of terminal acetylenes is 1. The van der Waals surface area contributed by atoms with E-state index in [2.05, 4.69) is 57.7 Å². The minimum Gasteiger partial charge on any atom is -0.501 e. The summed E-state index contributed by atoms with van der Waals surface area (Å²) < 4.78 is 5.38. The molecular weight excluding hydrogens is 342 g/mol. The van der Waals surface area contributed by atoms with E-state index in [0.29, 0.717) is 12.1 Å². The molecule has 0 bridgehead atoms. The number of hydrogen-bond donors (Lipinski definition) is 1. The number of ether oxygens (including phenoxy) is 1. The van der Waals surface area contributed by atoms with Gasteiger partial charge in [-0.25, -0.2) is 0 Å². The molecule has 0 fully saturated rings. The molecule has 2 N–H and O–H groups in total. The molecule has 28 heavy (non-hydrogen) atoms. The Morgan fingerprint density at radius 3 is 2.46 bits per heavy atom. The zero-order valence-electron chi connectivity index (χ0n) is 17.6. The van der Waals surface area contributed by atoms with Crippen LogP contribution in [0, 0.1) is 19.3 Å². The summed E-state index contributed by atoms with van der Waals surface area (Å²) in [6, 6.07) is 6.24. The zero-order chi connectivity index (χ0) is 21.3. The summed E-state index contributed by atoms with van der Waals surface area (Å²) >= 11 is 0. The van der Waals surface area contributed by atoms with Crippen LogP contribution in [0.4, 0.5) is 0 Å². The highest BCUT2D eigenvalue weighted by Gasteiger charge is 2.09. The Balaban J connectivity index is 3.40. The Hall–Kier alpha value is -3.02. The molecule has 0 aliphatic heterocycles. The van der Waals surface area contributed by atoms with Gasteiger partial charge in [-0.1, -0.05) is 62.9 Å². The van der Waals surface area contributed by atoms with Gasteiger partial charge in [-0.15, -0.1) is 6.42 Å². The molecule has 0 spiro atoms. The summed E-state index contributed by atoms with van der Waals surface area (Å²) in [4.78, 5) is 0. The van der Waals surface area contributed by atoms with Gasteiger partial charge in [0.1, 0.15) is 5.76 Å². The molecule has 0 aliphatic rings. The molecule has 0 aromatic heterocycles. The van der Waals surface area contributed by atoms with Crippen molar-refractivity contribution in [2.45, 2.75) is 27.2 Å². The third-order valence-electron chi connectivity index (χ3n) is 4.79. The van der Waals surface area contributed by atoms with Crippen LogP contribution in [0.15, 0.2) is 78.6 Å². The SMILES string of the molecule is C#CC(=C)C(/C=C/C(=C)c1cc(/C(C=C)=C(/C)OC)ccc1C)=C(\CC)CN. The van der Waals surface area contributed by atoms with E-state index in [0.717, 1.165) is 51.2 Å². The van der Waals surface area contributed by atoms with E-state index in [9.17, 15) is 0 Å². The number of rotatable bonds is 9. The Bertz CT molecular complexity index is 895. The predicted molar refractivity (Wildman–Crippen MR) is 123 cm³/mol. The van der Waals surface area contributed by atoms with Crippen molar-refractivity contribution in [2.75, 3.05) is 13.7 Å². The highest BCUT2D eigenvalue weighted by molar-refractivity contribution is 5.81. The van der Waals surface area contributed by atoms with Gasteiger partial charge < -0.3 is 10.5 Å². The maximum absolute atomic E-state index is 5.88. The van der Waals surface area contributed by atoms with Crippen molar-refractivity contribution in [2.24, 2.45) is 5.73 Å². The maximum atomic E-state index is 5.88. The van der Waals surface area contributed by atoms with E-state index in [-0.39, 0.29) is 0 Å². The van der Waals surface area contributed by atoms with Crippen LogP contribution in [0.1, 0.15) is 37.0 Å². The number of benzene rings is 1. The minimum atomic E-state index is 0.446. The largest absolute Gasteiger partial charge is 0.501 e. The first-order chi connectivity index (χ1) is 13.3. The second kappa shape index (κ2) is 11.0. The Morgan fingerprint density at radius 1 is 1.29 bits per heavy atom. The molecule has 146 valence electrons. The molecule has 2 nitrogen and oxygen atoms in total. The first kappa shape index (κ1) is 23.0. The fourth-order valence-electron chi connectivity index (χ4n) is 2.94. The lowest BCUT2D eigenvalue weighted by atomic mass is 9.93. The summed E-state index contributed by atoms with van der Waals surface area (Å²) in [5.41, 5.74) is 13.5. The molecule has 2 heteroatoms. The molecule has 1 aromatic carbocycles. The fraction of sp³-hybridized carbons (Fsp3) is 0.231. The van der Waals surface area contributed by atoms with Crippen LogP contribution in [-0.4, -0.2) is 13.7 Å².